The third-order valence-electron chi connectivity index (χ3n) is 2.03. The van der Waals surface area contributed by atoms with Crippen molar-refractivity contribution in [3.63, 3.8) is 0 Å². The van der Waals surface area contributed by atoms with Crippen LogP contribution in [0.15, 0.2) is 35.3 Å². The summed E-state index contributed by atoms with van der Waals surface area (Å²) in [7, 11) is -1.33. The smallest absolute Gasteiger partial charge is 0.145 e. The standard InChI is InChI=1S/C13H22N2Si/c1-5-11-14-13(15-16(2,3)4)12-9-7-6-8-10-12/h6-10H,5,11H2,1-4H3,(H,14,15). The highest BCUT2D eigenvalue weighted by molar-refractivity contribution is 6.76. The summed E-state index contributed by atoms with van der Waals surface area (Å²) in [6, 6.07) is 10.4. The molecule has 2 nitrogen and oxygen atoms in total. The fraction of sp³-hybridized carbons (Fsp3) is 0.462. The van der Waals surface area contributed by atoms with Gasteiger partial charge in [-0.15, -0.1) is 0 Å². The van der Waals surface area contributed by atoms with Crippen molar-refractivity contribution in [1.82, 2.24) is 4.98 Å². The van der Waals surface area contributed by atoms with Crippen LogP contribution >= 0.6 is 0 Å². The van der Waals surface area contributed by atoms with E-state index in [4.69, 9.17) is 0 Å². The zero-order chi connectivity index (χ0) is 12.0. The van der Waals surface area contributed by atoms with Crippen LogP contribution in [0, 0.1) is 0 Å². The van der Waals surface area contributed by atoms with E-state index in [9.17, 15) is 0 Å². The molecule has 0 bridgehead atoms. The third-order valence-corrected chi connectivity index (χ3v) is 3.02. The van der Waals surface area contributed by atoms with Crippen LogP contribution in [0.2, 0.25) is 19.6 Å². The lowest BCUT2D eigenvalue weighted by atomic mass is 10.2. The number of nitrogens with zero attached hydrogens (tertiary/aromatic N) is 1. The third kappa shape index (κ3) is 4.62. The van der Waals surface area contributed by atoms with Gasteiger partial charge >= 0.3 is 0 Å². The van der Waals surface area contributed by atoms with Gasteiger partial charge in [-0.3, -0.25) is 4.99 Å². The highest BCUT2D eigenvalue weighted by atomic mass is 28.3. The molecular weight excluding hydrogens is 212 g/mol. The van der Waals surface area contributed by atoms with Crippen molar-refractivity contribution in [2.45, 2.75) is 33.0 Å². The van der Waals surface area contributed by atoms with E-state index in [0.29, 0.717) is 0 Å². The molecule has 88 valence electrons. The maximum absolute atomic E-state index is 4.64. The Balaban J connectivity index is 2.89. The van der Waals surface area contributed by atoms with E-state index in [1.165, 1.54) is 5.56 Å². The molecule has 0 unspecified atom stereocenters. The second-order valence-corrected chi connectivity index (χ2v) is 9.72. The van der Waals surface area contributed by atoms with Crippen LogP contribution in [0.25, 0.3) is 0 Å². The molecule has 1 aromatic carbocycles. The summed E-state index contributed by atoms with van der Waals surface area (Å²) in [5.74, 6) is 1.06. The number of hydrogen-bond donors (Lipinski definition) is 1. The highest BCUT2D eigenvalue weighted by Crippen LogP contribution is 2.04. The first kappa shape index (κ1) is 13.0. The van der Waals surface area contributed by atoms with Gasteiger partial charge in [0.25, 0.3) is 0 Å². The Morgan fingerprint density at radius 1 is 1.19 bits per heavy atom. The minimum Gasteiger partial charge on any atom is -0.396 e. The number of amidine groups is 1. The second kappa shape index (κ2) is 5.85. The summed E-state index contributed by atoms with van der Waals surface area (Å²) in [5.41, 5.74) is 1.19. The lowest BCUT2D eigenvalue weighted by molar-refractivity contribution is 0.926. The average molecular weight is 234 g/mol. The monoisotopic (exact) mass is 234 g/mol. The molecule has 0 heterocycles. The molecule has 1 N–H and O–H groups in total. The topological polar surface area (TPSA) is 24.4 Å². The van der Waals surface area contributed by atoms with E-state index >= 15 is 0 Å². The molecule has 0 spiro atoms. The molecule has 0 aliphatic rings. The summed E-state index contributed by atoms with van der Waals surface area (Å²) in [6.07, 6.45) is 1.09. The van der Waals surface area contributed by atoms with Crippen LogP contribution < -0.4 is 4.98 Å². The highest BCUT2D eigenvalue weighted by Gasteiger charge is 2.15. The molecule has 0 aliphatic heterocycles. The van der Waals surface area contributed by atoms with Gasteiger partial charge in [-0.1, -0.05) is 56.9 Å². The van der Waals surface area contributed by atoms with Gasteiger partial charge in [0.05, 0.1) is 0 Å². The van der Waals surface area contributed by atoms with E-state index < -0.39 is 8.24 Å². The molecule has 1 rings (SSSR count). The molecule has 16 heavy (non-hydrogen) atoms. The number of aliphatic imine (C=N–C) groups is 1. The summed E-state index contributed by atoms with van der Waals surface area (Å²) >= 11 is 0. The number of hydrogen-bond acceptors (Lipinski definition) is 1. The van der Waals surface area contributed by atoms with E-state index in [0.717, 1.165) is 18.8 Å². The first-order chi connectivity index (χ1) is 7.53. The summed E-state index contributed by atoms with van der Waals surface area (Å²) < 4.78 is 0. The zero-order valence-corrected chi connectivity index (χ0v) is 11.7. The fourth-order valence-electron chi connectivity index (χ4n) is 1.38. The predicted molar refractivity (Wildman–Crippen MR) is 74.6 cm³/mol. The van der Waals surface area contributed by atoms with Crippen LogP contribution in [0.4, 0.5) is 0 Å². The number of rotatable bonds is 4. The van der Waals surface area contributed by atoms with Crippen molar-refractivity contribution in [2.75, 3.05) is 6.54 Å². The Labute approximate surface area is 99.9 Å². The van der Waals surface area contributed by atoms with E-state index in [2.05, 4.69) is 60.8 Å². The van der Waals surface area contributed by atoms with Crippen LogP contribution in [-0.2, 0) is 0 Å². The van der Waals surface area contributed by atoms with Gasteiger partial charge in [0.1, 0.15) is 14.1 Å². The van der Waals surface area contributed by atoms with Crippen molar-refractivity contribution in [3.8, 4) is 0 Å². The van der Waals surface area contributed by atoms with Gasteiger partial charge in [-0.25, -0.2) is 0 Å². The molecule has 0 radical (unpaired) electrons. The lowest BCUT2D eigenvalue weighted by Crippen LogP contribution is -2.45. The minimum absolute atomic E-state index is 0.891. The number of benzene rings is 1. The van der Waals surface area contributed by atoms with Crippen molar-refractivity contribution < 1.29 is 0 Å². The molecule has 0 amide bonds. The molecule has 0 saturated heterocycles. The molecular formula is C13H22N2Si. The molecule has 3 heteroatoms. The maximum Gasteiger partial charge on any atom is 0.145 e. The van der Waals surface area contributed by atoms with Gasteiger partial charge < -0.3 is 4.98 Å². The normalized spacial score (nSPS) is 12.6. The average Bonchev–Trinajstić information content (AvgIpc) is 2.24. The van der Waals surface area contributed by atoms with Crippen LogP contribution in [-0.4, -0.2) is 20.6 Å². The fourth-order valence-corrected chi connectivity index (χ4v) is 2.31. The lowest BCUT2D eigenvalue weighted by Gasteiger charge is -2.21. The summed E-state index contributed by atoms with van der Waals surface area (Å²) in [5, 5.41) is 0. The van der Waals surface area contributed by atoms with Gasteiger partial charge in [0.2, 0.25) is 0 Å². The predicted octanol–water partition coefficient (Wildman–Crippen LogP) is 3.27. The molecule has 0 aromatic heterocycles. The van der Waals surface area contributed by atoms with Crippen molar-refractivity contribution in [1.29, 1.82) is 0 Å². The molecule has 0 fully saturated rings. The molecule has 0 saturated carbocycles. The van der Waals surface area contributed by atoms with Crippen molar-refractivity contribution in [2.24, 2.45) is 4.99 Å². The Kier molecular flexibility index (Phi) is 4.74. The Bertz CT molecular complexity index is 339. The van der Waals surface area contributed by atoms with Crippen LogP contribution in [0.1, 0.15) is 18.9 Å². The molecule has 1 aromatic rings. The quantitative estimate of drug-likeness (QED) is 0.483. The Hall–Kier alpha value is -1.09. The maximum atomic E-state index is 4.64. The van der Waals surface area contributed by atoms with Crippen molar-refractivity contribution >= 4 is 14.1 Å². The minimum atomic E-state index is -1.33. The summed E-state index contributed by atoms with van der Waals surface area (Å²) in [6.45, 7) is 9.91. The molecule has 0 aliphatic carbocycles. The second-order valence-electron chi connectivity index (χ2n) is 4.97. The van der Waals surface area contributed by atoms with E-state index in [1.54, 1.807) is 0 Å². The summed E-state index contributed by atoms with van der Waals surface area (Å²) in [4.78, 5) is 8.23. The van der Waals surface area contributed by atoms with Crippen molar-refractivity contribution in [3.05, 3.63) is 35.9 Å². The van der Waals surface area contributed by atoms with Crippen LogP contribution in [0.3, 0.4) is 0 Å². The van der Waals surface area contributed by atoms with E-state index in [-0.39, 0.29) is 0 Å². The van der Waals surface area contributed by atoms with Gasteiger partial charge in [-0.05, 0) is 6.42 Å². The van der Waals surface area contributed by atoms with Gasteiger partial charge in [0.15, 0.2) is 0 Å². The number of nitrogens with one attached hydrogen (secondary N) is 1. The SMILES string of the molecule is CCCN=C(N[Si](C)(C)C)c1ccccc1. The zero-order valence-electron chi connectivity index (χ0n) is 10.7. The van der Waals surface area contributed by atoms with Gasteiger partial charge in [0, 0.05) is 12.1 Å². The van der Waals surface area contributed by atoms with E-state index in [1.807, 2.05) is 6.07 Å². The Morgan fingerprint density at radius 3 is 2.31 bits per heavy atom. The first-order valence-electron chi connectivity index (χ1n) is 5.91. The van der Waals surface area contributed by atoms with Gasteiger partial charge in [-0.2, -0.15) is 0 Å². The molecule has 0 atom stereocenters. The van der Waals surface area contributed by atoms with Crippen LogP contribution in [0.5, 0.6) is 0 Å². The first-order valence-corrected chi connectivity index (χ1v) is 9.41. The largest absolute Gasteiger partial charge is 0.396 e. The Morgan fingerprint density at radius 2 is 1.81 bits per heavy atom.